The number of methoxy groups -OCH3 is 1. The third-order valence-corrected chi connectivity index (χ3v) is 6.56. The average Bonchev–Trinajstić information content (AvgIpc) is 2.81. The number of anilines is 1. The van der Waals surface area contributed by atoms with Crippen molar-refractivity contribution in [2.45, 2.75) is 18.4 Å². The smallest absolute Gasteiger partial charge is 0.290 e. The SMILES string of the molecule is COc1cccc2ccc(N3C[C@H]4C[C@@H](C3)[C@H](CN(C)C)n3c4cccc3=O)nc12.O=CO. The highest BCUT2D eigenvalue weighted by Crippen LogP contribution is 2.42. The lowest BCUT2D eigenvalue weighted by molar-refractivity contribution is -0.122. The fourth-order valence-electron chi connectivity index (χ4n) is 5.29. The van der Waals surface area contributed by atoms with Gasteiger partial charge >= 0.3 is 0 Å². The molecule has 1 fully saturated rings. The molecule has 8 nitrogen and oxygen atoms in total. The van der Waals surface area contributed by atoms with Gasteiger partial charge in [-0.1, -0.05) is 18.2 Å². The van der Waals surface area contributed by atoms with Crippen molar-refractivity contribution in [2.24, 2.45) is 5.92 Å². The first kappa shape index (κ1) is 22.8. The van der Waals surface area contributed by atoms with Gasteiger partial charge in [-0.05, 0) is 50.7 Å². The molecular weight excluding hydrogens is 420 g/mol. The van der Waals surface area contributed by atoms with Crippen LogP contribution in [-0.4, -0.2) is 66.9 Å². The molecule has 1 saturated heterocycles. The lowest BCUT2D eigenvalue weighted by Crippen LogP contribution is -2.51. The first-order valence-electron chi connectivity index (χ1n) is 11.1. The van der Waals surface area contributed by atoms with Gasteiger partial charge in [0, 0.05) is 42.7 Å². The van der Waals surface area contributed by atoms with Crippen molar-refractivity contribution < 1.29 is 14.6 Å². The summed E-state index contributed by atoms with van der Waals surface area (Å²) in [5.41, 5.74) is 2.18. The Morgan fingerprint density at radius 2 is 1.91 bits per heavy atom. The number of aromatic nitrogens is 2. The average molecular weight is 451 g/mol. The Morgan fingerprint density at radius 3 is 2.64 bits per heavy atom. The van der Waals surface area contributed by atoms with Gasteiger partial charge in [0.15, 0.2) is 0 Å². The topological polar surface area (TPSA) is 87.9 Å². The molecule has 1 aromatic carbocycles. The van der Waals surface area contributed by atoms with Gasteiger partial charge in [0.25, 0.3) is 12.0 Å². The summed E-state index contributed by atoms with van der Waals surface area (Å²) in [6.45, 7) is 2.40. The summed E-state index contributed by atoms with van der Waals surface area (Å²) < 4.78 is 7.60. The van der Waals surface area contributed by atoms with E-state index in [1.807, 2.05) is 18.2 Å². The second-order valence-corrected chi connectivity index (χ2v) is 8.89. The second kappa shape index (κ2) is 9.62. The maximum Gasteiger partial charge on any atom is 0.290 e. The minimum absolute atomic E-state index is 0.121. The fourth-order valence-corrected chi connectivity index (χ4v) is 5.29. The molecule has 2 bridgehead atoms. The summed E-state index contributed by atoms with van der Waals surface area (Å²) in [5, 5.41) is 7.97. The van der Waals surface area contributed by atoms with Crippen LogP contribution in [0.25, 0.3) is 10.9 Å². The number of rotatable bonds is 4. The number of pyridine rings is 2. The fraction of sp³-hybridized carbons (Fsp3) is 0.400. The quantitative estimate of drug-likeness (QED) is 0.612. The largest absolute Gasteiger partial charge is 0.494 e. The summed E-state index contributed by atoms with van der Waals surface area (Å²) in [6, 6.07) is 16.2. The Hall–Kier alpha value is -3.39. The molecule has 33 heavy (non-hydrogen) atoms. The summed E-state index contributed by atoms with van der Waals surface area (Å²) in [6.07, 6.45) is 1.12. The number of para-hydroxylation sites is 1. The van der Waals surface area contributed by atoms with Gasteiger partial charge in [0.05, 0.1) is 13.2 Å². The van der Waals surface area contributed by atoms with Crippen molar-refractivity contribution in [1.29, 1.82) is 0 Å². The minimum atomic E-state index is -0.250. The number of ether oxygens (including phenoxy) is 1. The molecule has 0 unspecified atom stereocenters. The van der Waals surface area contributed by atoms with Crippen LogP contribution in [0, 0.1) is 5.92 Å². The molecule has 0 saturated carbocycles. The Morgan fingerprint density at radius 1 is 1.15 bits per heavy atom. The molecule has 0 radical (unpaired) electrons. The van der Waals surface area contributed by atoms with Crippen molar-refractivity contribution in [3.8, 4) is 5.75 Å². The van der Waals surface area contributed by atoms with Crippen molar-refractivity contribution >= 4 is 23.2 Å². The molecule has 8 heteroatoms. The van der Waals surface area contributed by atoms with Crippen LogP contribution in [0.4, 0.5) is 5.82 Å². The van der Waals surface area contributed by atoms with Crippen molar-refractivity contribution in [2.75, 3.05) is 45.7 Å². The van der Waals surface area contributed by atoms with Crippen LogP contribution in [0.1, 0.15) is 24.1 Å². The predicted octanol–water partition coefficient (Wildman–Crippen LogP) is 2.83. The van der Waals surface area contributed by atoms with E-state index < -0.39 is 0 Å². The van der Waals surface area contributed by atoms with Gasteiger partial charge in [-0.3, -0.25) is 9.59 Å². The van der Waals surface area contributed by atoms with Crippen LogP contribution in [0.5, 0.6) is 5.75 Å². The van der Waals surface area contributed by atoms with E-state index >= 15 is 0 Å². The van der Waals surface area contributed by atoms with Gasteiger partial charge in [0.1, 0.15) is 17.1 Å². The van der Waals surface area contributed by atoms with E-state index in [-0.39, 0.29) is 18.1 Å². The highest BCUT2D eigenvalue weighted by atomic mass is 16.5. The third kappa shape index (κ3) is 4.43. The predicted molar refractivity (Wildman–Crippen MR) is 128 cm³/mol. The summed E-state index contributed by atoms with van der Waals surface area (Å²) >= 11 is 0. The van der Waals surface area contributed by atoms with Crippen molar-refractivity contribution in [3.63, 3.8) is 0 Å². The molecule has 1 N–H and O–H groups in total. The lowest BCUT2D eigenvalue weighted by atomic mass is 9.78. The molecule has 3 atom stereocenters. The standard InChI is InChI=1S/C24H28N4O2.CH2O2/c1-26(2)15-20-18-12-17(19-7-5-9-23(29)28(19)20)13-27(14-18)22-11-10-16-6-4-8-21(30-3)24(16)25-22;2-1-3/h4-11,17-18,20H,12-15H2,1-3H3;1H,(H,2,3)/t17-,18+,20+;/m1./s1. The van der Waals surface area contributed by atoms with E-state index in [9.17, 15) is 4.79 Å². The maximum atomic E-state index is 12.8. The number of likely N-dealkylation sites (N-methyl/N-ethyl adjacent to an activating group) is 1. The maximum absolute atomic E-state index is 12.8. The van der Waals surface area contributed by atoms with Gasteiger partial charge in [-0.2, -0.15) is 0 Å². The van der Waals surface area contributed by atoms with E-state index in [1.165, 1.54) is 0 Å². The number of nitrogens with zero attached hydrogens (tertiary/aromatic N) is 4. The van der Waals surface area contributed by atoms with Crippen LogP contribution in [0.2, 0.25) is 0 Å². The van der Waals surface area contributed by atoms with Gasteiger partial charge < -0.3 is 24.2 Å². The summed E-state index contributed by atoms with van der Waals surface area (Å²) in [5.74, 6) is 2.53. The number of piperidine rings is 1. The summed E-state index contributed by atoms with van der Waals surface area (Å²) in [7, 11) is 5.85. The lowest BCUT2D eigenvalue weighted by Gasteiger charge is -2.48. The normalized spacial score (nSPS) is 21.2. The van der Waals surface area contributed by atoms with Gasteiger partial charge in [-0.25, -0.2) is 4.98 Å². The summed E-state index contributed by atoms with van der Waals surface area (Å²) in [4.78, 5) is 30.7. The first-order chi connectivity index (χ1) is 16.0. The van der Waals surface area contributed by atoms with E-state index in [2.05, 4.69) is 52.7 Å². The monoisotopic (exact) mass is 450 g/mol. The number of carboxylic acid groups (broad SMARTS) is 1. The number of fused-ring (bicyclic) bond motifs is 5. The highest BCUT2D eigenvalue weighted by molar-refractivity contribution is 5.86. The molecule has 3 aromatic rings. The zero-order valence-electron chi connectivity index (χ0n) is 19.2. The van der Waals surface area contributed by atoms with E-state index in [1.54, 1.807) is 13.2 Å². The van der Waals surface area contributed by atoms with E-state index in [0.29, 0.717) is 11.8 Å². The Bertz CT molecular complexity index is 1190. The Kier molecular flexibility index (Phi) is 6.65. The third-order valence-electron chi connectivity index (χ3n) is 6.56. The van der Waals surface area contributed by atoms with Crippen LogP contribution < -0.4 is 15.2 Å². The van der Waals surface area contributed by atoms with Crippen molar-refractivity contribution in [3.05, 3.63) is 64.6 Å². The first-order valence-corrected chi connectivity index (χ1v) is 11.1. The highest BCUT2D eigenvalue weighted by Gasteiger charge is 2.41. The van der Waals surface area contributed by atoms with Crippen LogP contribution in [0.3, 0.4) is 0 Å². The molecule has 2 aromatic heterocycles. The van der Waals surface area contributed by atoms with E-state index in [0.717, 1.165) is 54.2 Å². The van der Waals surface area contributed by atoms with Crippen molar-refractivity contribution in [1.82, 2.24) is 14.5 Å². The minimum Gasteiger partial charge on any atom is -0.494 e. The molecule has 0 aliphatic carbocycles. The molecule has 0 amide bonds. The van der Waals surface area contributed by atoms with E-state index in [4.69, 9.17) is 19.6 Å². The zero-order valence-corrected chi connectivity index (χ0v) is 19.2. The van der Waals surface area contributed by atoms with Crippen LogP contribution >= 0.6 is 0 Å². The Labute approximate surface area is 193 Å². The number of benzene rings is 1. The van der Waals surface area contributed by atoms with Crippen LogP contribution in [0.15, 0.2) is 53.3 Å². The number of carbonyl (C=O) groups is 1. The molecular formula is C25H30N4O4. The second-order valence-electron chi connectivity index (χ2n) is 8.89. The number of hydrogen-bond donors (Lipinski definition) is 1. The van der Waals surface area contributed by atoms with Gasteiger partial charge in [0.2, 0.25) is 0 Å². The molecule has 2 aliphatic rings. The molecule has 2 aliphatic heterocycles. The zero-order chi connectivity index (χ0) is 23.5. The molecule has 0 spiro atoms. The van der Waals surface area contributed by atoms with Gasteiger partial charge in [-0.15, -0.1) is 0 Å². The number of hydrogen-bond acceptors (Lipinski definition) is 6. The molecule has 5 rings (SSSR count). The Balaban J connectivity index is 0.000000821. The van der Waals surface area contributed by atoms with Crippen LogP contribution in [-0.2, 0) is 4.79 Å². The molecule has 174 valence electrons. The molecule has 4 heterocycles.